The molecule has 0 radical (unpaired) electrons. The van der Waals surface area contributed by atoms with Crippen molar-refractivity contribution in [1.29, 1.82) is 0 Å². The third-order valence-electron chi connectivity index (χ3n) is 4.27. The first-order valence-corrected chi connectivity index (χ1v) is 7.86. The third kappa shape index (κ3) is 3.95. The molecule has 0 saturated heterocycles. The van der Waals surface area contributed by atoms with Crippen molar-refractivity contribution in [2.75, 3.05) is 0 Å². The second-order valence-corrected chi connectivity index (χ2v) is 5.76. The standard InChI is InChI=1S/C21H22/c1-3-8-18(9-4-1)10-7-11-19-14-16-21(17-15-19)20-12-5-2-6-13-20/h1-10,12-14,21H,11,15-17H2/b10-7+. The van der Waals surface area contributed by atoms with E-state index in [1.54, 1.807) is 5.57 Å². The van der Waals surface area contributed by atoms with E-state index in [1.165, 1.54) is 30.4 Å². The van der Waals surface area contributed by atoms with Crippen molar-refractivity contribution in [3.8, 4) is 0 Å². The predicted molar refractivity (Wildman–Crippen MR) is 91.2 cm³/mol. The minimum absolute atomic E-state index is 0.716. The lowest BCUT2D eigenvalue weighted by Gasteiger charge is -2.21. The van der Waals surface area contributed by atoms with Gasteiger partial charge in [0.2, 0.25) is 0 Å². The molecule has 0 aromatic heterocycles. The topological polar surface area (TPSA) is 0 Å². The van der Waals surface area contributed by atoms with Crippen LogP contribution in [-0.2, 0) is 0 Å². The number of hydrogen-bond donors (Lipinski definition) is 0. The van der Waals surface area contributed by atoms with Crippen molar-refractivity contribution in [2.24, 2.45) is 0 Å². The maximum absolute atomic E-state index is 2.45. The van der Waals surface area contributed by atoms with E-state index in [4.69, 9.17) is 0 Å². The van der Waals surface area contributed by atoms with Crippen molar-refractivity contribution in [1.82, 2.24) is 0 Å². The molecule has 0 heteroatoms. The van der Waals surface area contributed by atoms with Crippen LogP contribution in [-0.4, -0.2) is 0 Å². The molecule has 1 atom stereocenters. The third-order valence-corrected chi connectivity index (χ3v) is 4.27. The molecular formula is C21H22. The highest BCUT2D eigenvalue weighted by Crippen LogP contribution is 2.33. The average Bonchev–Trinajstić information content (AvgIpc) is 2.57. The van der Waals surface area contributed by atoms with Gasteiger partial charge in [0, 0.05) is 0 Å². The molecule has 2 aromatic carbocycles. The van der Waals surface area contributed by atoms with Crippen LogP contribution in [0.4, 0.5) is 0 Å². The van der Waals surface area contributed by atoms with E-state index in [-0.39, 0.29) is 0 Å². The summed E-state index contributed by atoms with van der Waals surface area (Å²) >= 11 is 0. The summed E-state index contributed by atoms with van der Waals surface area (Å²) in [5.41, 5.74) is 4.37. The average molecular weight is 274 g/mol. The van der Waals surface area contributed by atoms with Gasteiger partial charge in [-0.3, -0.25) is 0 Å². The fourth-order valence-electron chi connectivity index (χ4n) is 3.01. The molecule has 0 nitrogen and oxygen atoms in total. The Morgan fingerprint density at radius 1 is 0.905 bits per heavy atom. The molecule has 0 N–H and O–H groups in total. The molecule has 21 heavy (non-hydrogen) atoms. The van der Waals surface area contributed by atoms with Gasteiger partial charge in [-0.15, -0.1) is 0 Å². The van der Waals surface area contributed by atoms with Crippen LogP contribution in [0, 0.1) is 0 Å². The van der Waals surface area contributed by atoms with Gasteiger partial charge in [0.25, 0.3) is 0 Å². The lowest BCUT2D eigenvalue weighted by atomic mass is 9.84. The summed E-state index contributed by atoms with van der Waals surface area (Å²) in [5, 5.41) is 0. The Labute approximate surface area is 127 Å². The van der Waals surface area contributed by atoms with Gasteiger partial charge in [-0.1, -0.05) is 84.5 Å². The van der Waals surface area contributed by atoms with E-state index in [0.717, 1.165) is 6.42 Å². The molecule has 2 aromatic rings. The molecule has 1 aliphatic carbocycles. The number of allylic oxidation sites excluding steroid dienone is 3. The fourth-order valence-corrected chi connectivity index (χ4v) is 3.01. The molecule has 1 unspecified atom stereocenters. The summed E-state index contributed by atoms with van der Waals surface area (Å²) in [6.45, 7) is 0. The van der Waals surface area contributed by atoms with Gasteiger partial charge >= 0.3 is 0 Å². The smallest absolute Gasteiger partial charge is 0.0124 e. The number of rotatable bonds is 4. The van der Waals surface area contributed by atoms with Crippen LogP contribution < -0.4 is 0 Å². The number of hydrogen-bond acceptors (Lipinski definition) is 0. The van der Waals surface area contributed by atoms with Crippen LogP contribution >= 0.6 is 0 Å². The van der Waals surface area contributed by atoms with Crippen molar-refractivity contribution < 1.29 is 0 Å². The van der Waals surface area contributed by atoms with Crippen LogP contribution in [0.5, 0.6) is 0 Å². The lowest BCUT2D eigenvalue weighted by Crippen LogP contribution is -2.03. The minimum Gasteiger partial charge on any atom is -0.0844 e. The molecule has 3 rings (SSSR count). The summed E-state index contributed by atoms with van der Waals surface area (Å²) in [5.74, 6) is 0.716. The van der Waals surface area contributed by atoms with Gasteiger partial charge in [-0.25, -0.2) is 0 Å². The highest BCUT2D eigenvalue weighted by atomic mass is 14.2. The van der Waals surface area contributed by atoms with Gasteiger partial charge in [-0.05, 0) is 42.7 Å². The molecule has 0 spiro atoms. The highest BCUT2D eigenvalue weighted by Gasteiger charge is 2.15. The second kappa shape index (κ2) is 7.08. The highest BCUT2D eigenvalue weighted by molar-refractivity contribution is 5.49. The second-order valence-electron chi connectivity index (χ2n) is 5.76. The lowest BCUT2D eigenvalue weighted by molar-refractivity contribution is 0.594. The van der Waals surface area contributed by atoms with E-state index in [2.05, 4.69) is 78.9 Å². The van der Waals surface area contributed by atoms with E-state index in [0.29, 0.717) is 5.92 Å². The Bertz CT molecular complexity index is 605. The van der Waals surface area contributed by atoms with Gasteiger partial charge in [0.15, 0.2) is 0 Å². The molecular weight excluding hydrogens is 252 g/mol. The Kier molecular flexibility index (Phi) is 4.68. The predicted octanol–water partition coefficient (Wildman–Crippen LogP) is 5.98. The monoisotopic (exact) mass is 274 g/mol. The number of benzene rings is 2. The summed E-state index contributed by atoms with van der Waals surface area (Å²) in [6.07, 6.45) is 11.8. The van der Waals surface area contributed by atoms with E-state index >= 15 is 0 Å². The van der Waals surface area contributed by atoms with Crippen LogP contribution in [0.25, 0.3) is 6.08 Å². The van der Waals surface area contributed by atoms with Crippen LogP contribution in [0.1, 0.15) is 42.7 Å². The maximum atomic E-state index is 2.45. The summed E-state index contributed by atoms with van der Waals surface area (Å²) < 4.78 is 0. The van der Waals surface area contributed by atoms with Crippen molar-refractivity contribution in [3.63, 3.8) is 0 Å². The zero-order valence-electron chi connectivity index (χ0n) is 12.4. The van der Waals surface area contributed by atoms with E-state index in [1.807, 2.05) is 0 Å². The molecule has 106 valence electrons. The largest absolute Gasteiger partial charge is 0.0844 e. The SMILES string of the molecule is C1=C(C/C=C/c2ccccc2)CCC(c2ccccc2)C1. The quantitative estimate of drug-likeness (QED) is 0.601. The van der Waals surface area contributed by atoms with Crippen LogP contribution in [0.2, 0.25) is 0 Å². The molecule has 1 aliphatic rings. The Hall–Kier alpha value is -2.08. The molecule has 0 saturated carbocycles. The molecule has 0 fully saturated rings. The Morgan fingerprint density at radius 2 is 1.62 bits per heavy atom. The normalized spacial score (nSPS) is 18.7. The first kappa shape index (κ1) is 13.9. The summed E-state index contributed by atoms with van der Waals surface area (Å²) in [6, 6.07) is 21.5. The molecule has 0 aliphatic heterocycles. The Balaban J connectivity index is 1.55. The first-order chi connectivity index (χ1) is 10.4. The zero-order chi connectivity index (χ0) is 14.3. The van der Waals surface area contributed by atoms with Gasteiger partial charge in [-0.2, -0.15) is 0 Å². The first-order valence-electron chi connectivity index (χ1n) is 7.86. The molecule has 0 bridgehead atoms. The van der Waals surface area contributed by atoms with Crippen molar-refractivity contribution in [2.45, 2.75) is 31.6 Å². The fraction of sp³-hybridized carbons (Fsp3) is 0.238. The van der Waals surface area contributed by atoms with E-state index in [9.17, 15) is 0 Å². The van der Waals surface area contributed by atoms with E-state index < -0.39 is 0 Å². The minimum atomic E-state index is 0.716. The van der Waals surface area contributed by atoms with Crippen molar-refractivity contribution in [3.05, 3.63) is 89.5 Å². The van der Waals surface area contributed by atoms with Crippen LogP contribution in [0.3, 0.4) is 0 Å². The van der Waals surface area contributed by atoms with Crippen molar-refractivity contribution >= 4 is 6.08 Å². The summed E-state index contributed by atoms with van der Waals surface area (Å²) in [4.78, 5) is 0. The van der Waals surface area contributed by atoms with Gasteiger partial charge in [0.1, 0.15) is 0 Å². The molecule has 0 heterocycles. The van der Waals surface area contributed by atoms with Gasteiger partial charge in [0.05, 0.1) is 0 Å². The Morgan fingerprint density at radius 3 is 2.29 bits per heavy atom. The molecule has 0 amide bonds. The maximum Gasteiger partial charge on any atom is -0.0124 e. The van der Waals surface area contributed by atoms with Gasteiger partial charge < -0.3 is 0 Å². The summed E-state index contributed by atoms with van der Waals surface area (Å²) in [7, 11) is 0. The zero-order valence-corrected chi connectivity index (χ0v) is 12.4. The van der Waals surface area contributed by atoms with Crippen LogP contribution in [0.15, 0.2) is 78.4 Å².